The Kier molecular flexibility index (Phi) is 3.00. The van der Waals surface area contributed by atoms with E-state index in [2.05, 4.69) is 20.2 Å². The van der Waals surface area contributed by atoms with E-state index >= 15 is 0 Å². The largest absolute Gasteiger partial charge is 0.433 e. The Morgan fingerprint density at radius 3 is 2.86 bits per heavy atom. The van der Waals surface area contributed by atoms with Crippen LogP contribution in [-0.4, -0.2) is 31.8 Å². The van der Waals surface area contributed by atoms with Crippen LogP contribution in [-0.2, 0) is 12.7 Å². The smallest absolute Gasteiger partial charge is 0.364 e. The van der Waals surface area contributed by atoms with Gasteiger partial charge >= 0.3 is 6.18 Å². The summed E-state index contributed by atoms with van der Waals surface area (Å²) in [5.74, 6) is 0.0830. The molecule has 0 atom stereocenters. The van der Waals surface area contributed by atoms with Crippen LogP contribution in [0, 0.1) is 0 Å². The van der Waals surface area contributed by atoms with Crippen LogP contribution in [0.3, 0.4) is 0 Å². The van der Waals surface area contributed by atoms with E-state index < -0.39 is 11.9 Å². The van der Waals surface area contributed by atoms with Gasteiger partial charge in [0.1, 0.15) is 24.1 Å². The molecule has 0 N–H and O–H groups in total. The van der Waals surface area contributed by atoms with E-state index in [1.54, 1.807) is 18.0 Å². The number of anilines is 1. The minimum absolute atomic E-state index is 0.119. The van der Waals surface area contributed by atoms with Crippen molar-refractivity contribution in [3.05, 3.63) is 36.1 Å². The van der Waals surface area contributed by atoms with Crippen LogP contribution in [0.1, 0.15) is 11.4 Å². The number of nitrogens with zero attached hydrogens (tertiary/aromatic N) is 6. The van der Waals surface area contributed by atoms with Crippen LogP contribution in [0.25, 0.3) is 5.78 Å². The van der Waals surface area contributed by atoms with Crippen molar-refractivity contribution in [2.24, 2.45) is 0 Å². The molecule has 0 saturated heterocycles. The molecule has 0 aromatic carbocycles. The summed E-state index contributed by atoms with van der Waals surface area (Å²) in [5, 5.41) is 7.60. The average molecular weight is 298 g/mol. The fourth-order valence-corrected chi connectivity index (χ4v) is 1.86. The maximum atomic E-state index is 12.9. The fourth-order valence-electron chi connectivity index (χ4n) is 1.86. The summed E-state index contributed by atoms with van der Waals surface area (Å²) < 4.78 is 44.6. The maximum absolute atomic E-state index is 12.9. The standard InChI is InChI=1S/C11H9F3N6O/c1-19(5-7-2-3-21-18-7)9-4-8(11(12,13)14)17-10-15-6-16-20(9)10/h2-4,6H,5H2,1H3. The Morgan fingerprint density at radius 1 is 1.38 bits per heavy atom. The Morgan fingerprint density at radius 2 is 2.19 bits per heavy atom. The first kappa shape index (κ1) is 13.3. The molecule has 0 aliphatic rings. The molecule has 0 unspecified atom stereocenters. The first-order valence-electron chi connectivity index (χ1n) is 5.83. The van der Waals surface area contributed by atoms with Gasteiger partial charge in [-0.05, 0) is 0 Å². The third kappa shape index (κ3) is 2.51. The number of hydrogen-bond acceptors (Lipinski definition) is 6. The highest BCUT2D eigenvalue weighted by Gasteiger charge is 2.34. The molecular formula is C11H9F3N6O. The summed E-state index contributed by atoms with van der Waals surface area (Å²) in [6, 6.07) is 2.54. The van der Waals surface area contributed by atoms with Gasteiger partial charge in [-0.1, -0.05) is 5.16 Å². The Hall–Kier alpha value is -2.65. The molecule has 21 heavy (non-hydrogen) atoms. The summed E-state index contributed by atoms with van der Waals surface area (Å²) in [6.45, 7) is 0.257. The number of aromatic nitrogens is 5. The fraction of sp³-hybridized carbons (Fsp3) is 0.273. The Bertz CT molecular complexity index is 751. The van der Waals surface area contributed by atoms with Crippen molar-refractivity contribution in [3.8, 4) is 0 Å². The molecule has 0 aliphatic heterocycles. The van der Waals surface area contributed by atoms with E-state index in [4.69, 9.17) is 4.52 Å². The molecule has 0 amide bonds. The van der Waals surface area contributed by atoms with Crippen molar-refractivity contribution >= 4 is 11.6 Å². The van der Waals surface area contributed by atoms with Crippen LogP contribution >= 0.6 is 0 Å². The molecular weight excluding hydrogens is 289 g/mol. The van der Waals surface area contributed by atoms with Crippen molar-refractivity contribution in [1.29, 1.82) is 0 Å². The Labute approximate surface area is 116 Å². The van der Waals surface area contributed by atoms with Gasteiger partial charge in [-0.3, -0.25) is 0 Å². The van der Waals surface area contributed by atoms with Crippen molar-refractivity contribution in [3.63, 3.8) is 0 Å². The van der Waals surface area contributed by atoms with E-state index in [-0.39, 0.29) is 18.1 Å². The van der Waals surface area contributed by atoms with Gasteiger partial charge < -0.3 is 9.42 Å². The van der Waals surface area contributed by atoms with Gasteiger partial charge in [0.15, 0.2) is 5.69 Å². The van der Waals surface area contributed by atoms with Gasteiger partial charge in [0.2, 0.25) is 0 Å². The molecule has 110 valence electrons. The normalized spacial score (nSPS) is 12.0. The first-order chi connectivity index (χ1) is 9.95. The van der Waals surface area contributed by atoms with Crippen LogP contribution in [0.2, 0.25) is 0 Å². The zero-order valence-corrected chi connectivity index (χ0v) is 10.7. The average Bonchev–Trinajstić information content (AvgIpc) is 3.06. The zero-order valence-electron chi connectivity index (χ0n) is 10.7. The zero-order chi connectivity index (χ0) is 15.0. The molecule has 0 bridgehead atoms. The lowest BCUT2D eigenvalue weighted by Crippen LogP contribution is -2.22. The maximum Gasteiger partial charge on any atom is 0.433 e. The van der Waals surface area contributed by atoms with Gasteiger partial charge in [0.05, 0.1) is 6.54 Å². The number of halogens is 3. The minimum atomic E-state index is -4.56. The molecule has 3 heterocycles. The monoisotopic (exact) mass is 298 g/mol. The summed E-state index contributed by atoms with van der Waals surface area (Å²) in [6.07, 6.45) is -2.02. The topological polar surface area (TPSA) is 72.3 Å². The van der Waals surface area contributed by atoms with Crippen molar-refractivity contribution in [2.75, 3.05) is 11.9 Å². The summed E-state index contributed by atoms with van der Waals surface area (Å²) in [7, 11) is 1.62. The van der Waals surface area contributed by atoms with E-state index in [1.807, 2.05) is 0 Å². The van der Waals surface area contributed by atoms with Crippen molar-refractivity contribution in [1.82, 2.24) is 24.7 Å². The highest BCUT2D eigenvalue weighted by molar-refractivity contribution is 5.47. The summed E-state index contributed by atoms with van der Waals surface area (Å²) in [4.78, 5) is 8.72. The summed E-state index contributed by atoms with van der Waals surface area (Å²) >= 11 is 0. The Balaban J connectivity index is 2.05. The van der Waals surface area contributed by atoms with Crippen molar-refractivity contribution < 1.29 is 17.7 Å². The lowest BCUT2D eigenvalue weighted by molar-refractivity contribution is -0.141. The first-order valence-corrected chi connectivity index (χ1v) is 5.83. The van der Waals surface area contributed by atoms with Crippen molar-refractivity contribution in [2.45, 2.75) is 12.7 Å². The number of hydrogen-bond donors (Lipinski definition) is 0. The van der Waals surface area contributed by atoms with Gasteiger partial charge in [-0.2, -0.15) is 27.8 Å². The van der Waals surface area contributed by atoms with Gasteiger partial charge in [-0.15, -0.1) is 0 Å². The van der Waals surface area contributed by atoms with Crippen LogP contribution in [0.15, 0.2) is 29.2 Å². The van der Waals surface area contributed by atoms with E-state index in [0.29, 0.717) is 5.69 Å². The van der Waals surface area contributed by atoms with Gasteiger partial charge in [0.25, 0.3) is 5.78 Å². The molecule has 3 aromatic heterocycles. The second-order valence-corrected chi connectivity index (χ2v) is 4.32. The molecule has 0 aliphatic carbocycles. The second-order valence-electron chi connectivity index (χ2n) is 4.32. The lowest BCUT2D eigenvalue weighted by Gasteiger charge is -2.19. The SMILES string of the molecule is CN(Cc1ccon1)c1cc(C(F)(F)F)nc2ncnn12. The third-order valence-corrected chi connectivity index (χ3v) is 2.80. The van der Waals surface area contributed by atoms with E-state index in [0.717, 1.165) is 12.4 Å². The number of fused-ring (bicyclic) bond motifs is 1. The predicted molar refractivity (Wildman–Crippen MR) is 64.4 cm³/mol. The minimum Gasteiger partial charge on any atom is -0.364 e. The van der Waals surface area contributed by atoms with E-state index in [9.17, 15) is 13.2 Å². The molecule has 3 rings (SSSR count). The number of alkyl halides is 3. The van der Waals surface area contributed by atoms with Gasteiger partial charge in [0, 0.05) is 19.2 Å². The molecule has 3 aromatic rings. The number of rotatable bonds is 3. The molecule has 0 saturated carbocycles. The van der Waals surface area contributed by atoms with Crippen LogP contribution in [0.5, 0.6) is 0 Å². The lowest BCUT2D eigenvalue weighted by atomic mass is 10.3. The molecule has 10 heteroatoms. The highest BCUT2D eigenvalue weighted by Crippen LogP contribution is 2.30. The summed E-state index contributed by atoms with van der Waals surface area (Å²) in [5.41, 5.74) is -0.443. The highest BCUT2D eigenvalue weighted by atomic mass is 19.4. The third-order valence-electron chi connectivity index (χ3n) is 2.80. The second kappa shape index (κ2) is 4.72. The molecule has 7 nitrogen and oxygen atoms in total. The molecule has 0 fully saturated rings. The van der Waals surface area contributed by atoms with E-state index in [1.165, 1.54) is 10.8 Å². The predicted octanol–water partition coefficient (Wildman–Crippen LogP) is 1.77. The quantitative estimate of drug-likeness (QED) is 0.733. The molecule has 0 radical (unpaired) electrons. The van der Waals surface area contributed by atoms with Crippen LogP contribution in [0.4, 0.5) is 19.0 Å². The van der Waals surface area contributed by atoms with Crippen LogP contribution < -0.4 is 4.90 Å². The van der Waals surface area contributed by atoms with Gasteiger partial charge in [-0.25, -0.2) is 4.98 Å². The molecule has 0 spiro atoms.